The van der Waals surface area contributed by atoms with Gasteiger partial charge in [-0.15, -0.1) is 0 Å². The molecule has 0 bridgehead atoms. The number of aliphatic hydroxyl groups is 1. The van der Waals surface area contributed by atoms with Crippen molar-refractivity contribution < 1.29 is 29.0 Å². The number of aromatic nitrogens is 1. The van der Waals surface area contributed by atoms with Gasteiger partial charge in [0, 0.05) is 49.8 Å². The number of morpholine rings is 1. The number of benzene rings is 1. The summed E-state index contributed by atoms with van der Waals surface area (Å²) in [6.45, 7) is 15.4. The molecule has 44 heavy (non-hydrogen) atoms. The number of carbonyl (C=O) groups excluding carboxylic acids is 3. The molecule has 1 aromatic carbocycles. The highest BCUT2D eigenvalue weighted by Gasteiger charge is 2.46. The Hall–Kier alpha value is -3.54. The van der Waals surface area contributed by atoms with Gasteiger partial charge in [-0.25, -0.2) is 4.79 Å². The Balaban J connectivity index is 1.72. The molecule has 1 unspecified atom stereocenters. The van der Waals surface area contributed by atoms with E-state index in [9.17, 15) is 19.5 Å². The molecule has 2 aliphatic rings. The van der Waals surface area contributed by atoms with Gasteiger partial charge in [0.25, 0.3) is 5.91 Å². The van der Waals surface area contributed by atoms with Gasteiger partial charge in [-0.3, -0.25) is 29.3 Å². The topological polar surface area (TPSA) is 125 Å². The van der Waals surface area contributed by atoms with E-state index >= 15 is 0 Å². The van der Waals surface area contributed by atoms with E-state index in [1.54, 1.807) is 45.3 Å². The van der Waals surface area contributed by atoms with E-state index in [1.165, 1.54) is 4.90 Å². The molecule has 0 spiro atoms. The molecular weight excluding hydrogens is 562 g/mol. The molecule has 240 valence electrons. The zero-order chi connectivity index (χ0) is 32.1. The molecule has 2 fully saturated rings. The smallest absolute Gasteiger partial charge is 0.413 e. The van der Waals surface area contributed by atoms with Crippen molar-refractivity contribution >= 4 is 23.6 Å². The van der Waals surface area contributed by atoms with E-state index in [-0.39, 0.29) is 24.2 Å². The van der Waals surface area contributed by atoms with Gasteiger partial charge in [-0.2, -0.15) is 0 Å². The lowest BCUT2D eigenvalue weighted by Gasteiger charge is -2.36. The maximum Gasteiger partial charge on any atom is 0.413 e. The Morgan fingerprint density at radius 3 is 2.34 bits per heavy atom. The highest BCUT2D eigenvalue weighted by Crippen LogP contribution is 2.34. The van der Waals surface area contributed by atoms with E-state index in [4.69, 9.17) is 9.47 Å². The van der Waals surface area contributed by atoms with Gasteiger partial charge in [0.1, 0.15) is 23.9 Å². The number of anilines is 1. The van der Waals surface area contributed by atoms with Crippen LogP contribution in [-0.2, 0) is 24.5 Å². The van der Waals surface area contributed by atoms with Gasteiger partial charge in [-0.1, -0.05) is 39.0 Å². The summed E-state index contributed by atoms with van der Waals surface area (Å²) in [5.74, 6) is -0.866. The highest BCUT2D eigenvalue weighted by molar-refractivity contribution is 6.04. The number of nitrogens with one attached hydrogen (secondary N) is 1. The molecule has 0 aliphatic carbocycles. The van der Waals surface area contributed by atoms with Crippen LogP contribution in [-0.4, -0.2) is 95.1 Å². The van der Waals surface area contributed by atoms with Crippen LogP contribution >= 0.6 is 0 Å². The predicted octanol–water partition coefficient (Wildman–Crippen LogP) is 3.62. The van der Waals surface area contributed by atoms with Crippen LogP contribution in [0.15, 0.2) is 48.8 Å². The highest BCUT2D eigenvalue weighted by atomic mass is 16.6. The first-order chi connectivity index (χ1) is 20.8. The van der Waals surface area contributed by atoms with Crippen molar-refractivity contribution in [1.82, 2.24) is 20.1 Å². The van der Waals surface area contributed by atoms with Gasteiger partial charge in [0.05, 0.1) is 13.2 Å². The van der Waals surface area contributed by atoms with Crippen LogP contribution in [0.25, 0.3) is 0 Å². The predicted molar refractivity (Wildman–Crippen MR) is 167 cm³/mol. The van der Waals surface area contributed by atoms with Gasteiger partial charge in [0.2, 0.25) is 5.91 Å². The Morgan fingerprint density at radius 1 is 1.07 bits per heavy atom. The number of rotatable bonds is 8. The number of aliphatic hydroxyl groups excluding tert-OH is 1. The molecule has 11 nitrogen and oxygen atoms in total. The van der Waals surface area contributed by atoms with Gasteiger partial charge >= 0.3 is 6.09 Å². The lowest BCUT2D eigenvalue weighted by Crippen LogP contribution is -2.54. The van der Waals surface area contributed by atoms with E-state index < -0.39 is 35.9 Å². The zero-order valence-corrected chi connectivity index (χ0v) is 26.8. The van der Waals surface area contributed by atoms with E-state index in [2.05, 4.69) is 36.0 Å². The molecular formula is C33H47N5O6. The fourth-order valence-electron chi connectivity index (χ4n) is 5.50. The first-order valence-electron chi connectivity index (χ1n) is 15.4. The van der Waals surface area contributed by atoms with Crippen LogP contribution in [0.3, 0.4) is 0 Å². The summed E-state index contributed by atoms with van der Waals surface area (Å²) in [7, 11) is 0. The second-order valence-corrected chi connectivity index (χ2v) is 13.4. The summed E-state index contributed by atoms with van der Waals surface area (Å²) >= 11 is 0. The van der Waals surface area contributed by atoms with Crippen LogP contribution in [0.4, 0.5) is 10.5 Å². The molecule has 0 radical (unpaired) electrons. The zero-order valence-electron chi connectivity index (χ0n) is 26.8. The molecule has 0 saturated carbocycles. The minimum atomic E-state index is -1.19. The monoisotopic (exact) mass is 609 g/mol. The lowest BCUT2D eigenvalue weighted by molar-refractivity contribution is -0.129. The number of amides is 3. The maximum atomic E-state index is 14.6. The largest absolute Gasteiger partial charge is 0.444 e. The van der Waals surface area contributed by atoms with Crippen molar-refractivity contribution in [3.8, 4) is 0 Å². The summed E-state index contributed by atoms with van der Waals surface area (Å²) in [5.41, 5.74) is 1.12. The van der Waals surface area contributed by atoms with Crippen LogP contribution in [0, 0.1) is 0 Å². The summed E-state index contributed by atoms with van der Waals surface area (Å²) in [6.07, 6.45) is 1.63. The minimum Gasteiger partial charge on any atom is -0.444 e. The molecule has 3 atom stereocenters. The third-order valence-corrected chi connectivity index (χ3v) is 7.83. The van der Waals surface area contributed by atoms with E-state index in [0.29, 0.717) is 37.6 Å². The summed E-state index contributed by atoms with van der Waals surface area (Å²) in [5, 5.41) is 13.8. The summed E-state index contributed by atoms with van der Waals surface area (Å²) in [4.78, 5) is 51.0. The fourth-order valence-corrected chi connectivity index (χ4v) is 5.50. The SMILES string of the molecule is CC(C)(C)OC(=O)N1[C@H](O)CC[C@@H]1C(=O)N(c1ccc(C(C)(C)C)cc1)C(C(=O)NCCN1CCOCC1)c1cccnc1. The standard InChI is InChI=1S/C33H47N5O6/c1-32(2,3)24-9-11-25(12-10-24)37(30(41)26-13-14-27(39)38(26)31(42)44-33(4,5)6)28(23-8-7-15-34-22-23)29(40)35-16-17-36-18-20-43-21-19-36/h7-12,15,22,26-28,39H,13-14,16-21H2,1-6H3,(H,35,40)/t26-,27-,28?/m1/s1. The molecule has 3 heterocycles. The first kappa shape index (κ1) is 33.4. The normalized spacial score (nSPS) is 20.2. The quantitative estimate of drug-likeness (QED) is 0.465. The molecule has 4 rings (SSSR count). The second-order valence-electron chi connectivity index (χ2n) is 13.4. The summed E-state index contributed by atoms with van der Waals surface area (Å²) in [6, 6.07) is 8.90. The Kier molecular flexibility index (Phi) is 10.6. The van der Waals surface area contributed by atoms with Gasteiger partial charge < -0.3 is 19.9 Å². The second kappa shape index (κ2) is 14.0. The van der Waals surface area contributed by atoms with Crippen molar-refractivity contribution in [1.29, 1.82) is 0 Å². The van der Waals surface area contributed by atoms with Crippen LogP contribution < -0.4 is 10.2 Å². The molecule has 2 aromatic rings. The van der Waals surface area contributed by atoms with E-state index in [1.807, 2.05) is 24.3 Å². The third kappa shape index (κ3) is 8.34. The molecule has 2 saturated heterocycles. The fraction of sp³-hybridized carbons (Fsp3) is 0.576. The van der Waals surface area contributed by atoms with E-state index in [0.717, 1.165) is 23.6 Å². The lowest BCUT2D eigenvalue weighted by atomic mass is 9.87. The van der Waals surface area contributed by atoms with Gasteiger partial charge in [-0.05, 0) is 62.8 Å². The number of nitrogens with zero attached hydrogens (tertiary/aromatic N) is 4. The number of carbonyl (C=O) groups is 3. The Morgan fingerprint density at radius 2 is 1.75 bits per heavy atom. The van der Waals surface area contributed by atoms with Crippen molar-refractivity contribution in [2.24, 2.45) is 0 Å². The Labute approximate surface area is 260 Å². The number of ether oxygens (including phenoxy) is 2. The molecule has 11 heteroatoms. The van der Waals surface area contributed by atoms with Gasteiger partial charge in [0.15, 0.2) is 0 Å². The third-order valence-electron chi connectivity index (χ3n) is 7.83. The number of hydrogen-bond acceptors (Lipinski definition) is 8. The van der Waals surface area contributed by atoms with Crippen LogP contribution in [0.5, 0.6) is 0 Å². The van der Waals surface area contributed by atoms with Crippen molar-refractivity contribution in [2.75, 3.05) is 44.3 Å². The van der Waals surface area contributed by atoms with Crippen molar-refractivity contribution in [3.05, 3.63) is 59.9 Å². The van der Waals surface area contributed by atoms with Crippen molar-refractivity contribution in [2.45, 2.75) is 83.7 Å². The molecule has 3 amide bonds. The van der Waals surface area contributed by atoms with Crippen LogP contribution in [0.2, 0.25) is 0 Å². The molecule has 2 aliphatic heterocycles. The summed E-state index contributed by atoms with van der Waals surface area (Å²) < 4.78 is 11.0. The average molecular weight is 610 g/mol. The Bertz CT molecular complexity index is 1270. The number of likely N-dealkylation sites (tertiary alicyclic amines) is 1. The minimum absolute atomic E-state index is 0.129. The van der Waals surface area contributed by atoms with Crippen LogP contribution in [0.1, 0.15) is 71.6 Å². The average Bonchev–Trinajstić information content (AvgIpc) is 3.36. The first-order valence-corrected chi connectivity index (χ1v) is 15.4. The molecule has 1 aromatic heterocycles. The maximum absolute atomic E-state index is 14.6. The number of pyridine rings is 1. The number of hydrogen-bond donors (Lipinski definition) is 2. The van der Waals surface area contributed by atoms with Crippen molar-refractivity contribution in [3.63, 3.8) is 0 Å². The molecule has 2 N–H and O–H groups in total.